The summed E-state index contributed by atoms with van der Waals surface area (Å²) in [4.78, 5) is 15.5. The van der Waals surface area contributed by atoms with E-state index in [0.29, 0.717) is 19.8 Å². The van der Waals surface area contributed by atoms with Crippen LogP contribution in [0.25, 0.3) is 0 Å². The number of aliphatic imine (C=N–C) groups is 1. The lowest BCUT2D eigenvalue weighted by molar-refractivity contribution is -0.148. The highest BCUT2D eigenvalue weighted by Crippen LogP contribution is 2.25. The molecule has 1 aliphatic heterocycles. The first-order valence-electron chi connectivity index (χ1n) is 5.36. The first-order chi connectivity index (χ1) is 7.65. The van der Waals surface area contributed by atoms with Crippen LogP contribution in [0.1, 0.15) is 12.8 Å². The smallest absolute Gasteiger partial charge is 0.310 e. The maximum atomic E-state index is 11.6. The van der Waals surface area contributed by atoms with Crippen LogP contribution in [-0.4, -0.2) is 38.8 Å². The number of methoxy groups -OCH3 is 1. The number of hydrogen-bond donors (Lipinski definition) is 2. The highest BCUT2D eigenvalue weighted by molar-refractivity contribution is 14.0. The summed E-state index contributed by atoms with van der Waals surface area (Å²) in [7, 11) is 1.38. The highest BCUT2D eigenvalue weighted by atomic mass is 127. The third kappa shape index (κ3) is 5.53. The van der Waals surface area contributed by atoms with Gasteiger partial charge in [-0.1, -0.05) is 0 Å². The molecule has 0 aromatic rings. The lowest BCUT2D eigenvalue weighted by Gasteiger charge is -2.27. The maximum Gasteiger partial charge on any atom is 0.310 e. The minimum absolute atomic E-state index is 0. The summed E-state index contributed by atoms with van der Waals surface area (Å²) in [6, 6.07) is 0. The molecule has 1 aliphatic rings. The van der Waals surface area contributed by atoms with Crippen LogP contribution in [0.4, 0.5) is 0 Å². The van der Waals surface area contributed by atoms with E-state index in [1.165, 1.54) is 7.11 Å². The van der Waals surface area contributed by atoms with E-state index in [-0.39, 0.29) is 47.7 Å². The molecule has 0 saturated carbocycles. The number of halogens is 1. The lowest BCUT2D eigenvalue weighted by atomic mass is 9.86. The predicted octanol–water partition coefficient (Wildman–Crippen LogP) is 0.0936. The molecule has 6 nitrogen and oxygen atoms in total. The van der Waals surface area contributed by atoms with Gasteiger partial charge in [0, 0.05) is 13.2 Å². The fraction of sp³-hybridized carbons (Fsp3) is 0.800. The van der Waals surface area contributed by atoms with Gasteiger partial charge in [0.2, 0.25) is 0 Å². The molecule has 1 rings (SSSR count). The molecule has 0 amide bonds. The van der Waals surface area contributed by atoms with E-state index in [1.807, 2.05) is 0 Å². The van der Waals surface area contributed by atoms with E-state index in [2.05, 4.69) is 4.99 Å². The molecule has 1 saturated heterocycles. The summed E-state index contributed by atoms with van der Waals surface area (Å²) >= 11 is 0. The Morgan fingerprint density at radius 2 is 2.06 bits per heavy atom. The highest BCUT2D eigenvalue weighted by Gasteiger charge is 2.30. The normalized spacial score (nSPS) is 17.7. The summed E-state index contributed by atoms with van der Waals surface area (Å²) in [6.45, 7) is 1.65. The molecular formula is C10H20IN3O3. The number of carbonyl (C=O) groups is 1. The van der Waals surface area contributed by atoms with E-state index in [1.54, 1.807) is 0 Å². The van der Waals surface area contributed by atoms with Crippen molar-refractivity contribution in [2.75, 3.05) is 26.9 Å². The van der Waals surface area contributed by atoms with Gasteiger partial charge in [0.05, 0.1) is 19.6 Å². The fourth-order valence-electron chi connectivity index (χ4n) is 1.89. The van der Waals surface area contributed by atoms with Gasteiger partial charge in [-0.15, -0.1) is 24.0 Å². The lowest BCUT2D eigenvalue weighted by Crippen LogP contribution is -2.33. The van der Waals surface area contributed by atoms with E-state index in [9.17, 15) is 4.79 Å². The predicted molar refractivity (Wildman–Crippen MR) is 75.1 cm³/mol. The van der Waals surface area contributed by atoms with Gasteiger partial charge < -0.3 is 20.9 Å². The zero-order valence-corrected chi connectivity index (χ0v) is 12.3. The molecule has 0 aromatic heterocycles. The van der Waals surface area contributed by atoms with E-state index in [0.717, 1.165) is 12.8 Å². The van der Waals surface area contributed by atoms with Crippen LogP contribution < -0.4 is 11.5 Å². The SMILES string of the molecule is COC(=O)C(CN=C(N)N)C1CCOCC1.I. The van der Waals surface area contributed by atoms with Crippen LogP contribution >= 0.6 is 24.0 Å². The molecule has 1 unspecified atom stereocenters. The second kappa shape index (κ2) is 8.51. The largest absolute Gasteiger partial charge is 0.469 e. The van der Waals surface area contributed by atoms with Crippen molar-refractivity contribution in [2.45, 2.75) is 12.8 Å². The van der Waals surface area contributed by atoms with Gasteiger partial charge in [-0.3, -0.25) is 9.79 Å². The molecule has 1 heterocycles. The van der Waals surface area contributed by atoms with Crippen molar-refractivity contribution in [3.8, 4) is 0 Å². The van der Waals surface area contributed by atoms with E-state index >= 15 is 0 Å². The van der Waals surface area contributed by atoms with Gasteiger partial charge >= 0.3 is 5.97 Å². The molecule has 17 heavy (non-hydrogen) atoms. The molecule has 0 aromatic carbocycles. The average molecular weight is 357 g/mol. The van der Waals surface area contributed by atoms with Crippen molar-refractivity contribution in [3.63, 3.8) is 0 Å². The molecule has 1 fully saturated rings. The first-order valence-corrected chi connectivity index (χ1v) is 5.36. The minimum atomic E-state index is -0.268. The van der Waals surface area contributed by atoms with Crippen LogP contribution in [0.2, 0.25) is 0 Å². The number of rotatable bonds is 4. The number of ether oxygens (including phenoxy) is 2. The Hall–Kier alpha value is -0.570. The third-order valence-electron chi connectivity index (χ3n) is 2.81. The van der Waals surface area contributed by atoms with Crippen LogP contribution in [0.15, 0.2) is 4.99 Å². The minimum Gasteiger partial charge on any atom is -0.469 e. The second-order valence-electron chi connectivity index (χ2n) is 3.85. The van der Waals surface area contributed by atoms with Gasteiger partial charge in [0.1, 0.15) is 0 Å². The number of esters is 1. The van der Waals surface area contributed by atoms with Crippen LogP contribution in [0, 0.1) is 11.8 Å². The summed E-state index contributed by atoms with van der Waals surface area (Å²) < 4.78 is 10.0. The Balaban J connectivity index is 0.00000256. The van der Waals surface area contributed by atoms with Crippen molar-refractivity contribution >= 4 is 35.9 Å². The number of hydrogen-bond acceptors (Lipinski definition) is 4. The van der Waals surface area contributed by atoms with Crippen LogP contribution in [-0.2, 0) is 14.3 Å². The zero-order valence-electron chi connectivity index (χ0n) is 9.93. The molecule has 1 atom stereocenters. The van der Waals surface area contributed by atoms with Crippen LogP contribution in [0.5, 0.6) is 0 Å². The fourth-order valence-corrected chi connectivity index (χ4v) is 1.89. The Morgan fingerprint density at radius 3 is 2.53 bits per heavy atom. The third-order valence-corrected chi connectivity index (χ3v) is 2.81. The first kappa shape index (κ1) is 16.4. The second-order valence-corrected chi connectivity index (χ2v) is 3.85. The average Bonchev–Trinajstić information content (AvgIpc) is 2.30. The topological polar surface area (TPSA) is 99.9 Å². The van der Waals surface area contributed by atoms with Crippen LogP contribution in [0.3, 0.4) is 0 Å². The Morgan fingerprint density at radius 1 is 1.47 bits per heavy atom. The van der Waals surface area contributed by atoms with E-state index in [4.69, 9.17) is 20.9 Å². The van der Waals surface area contributed by atoms with Gasteiger partial charge in [-0.25, -0.2) is 0 Å². The van der Waals surface area contributed by atoms with Gasteiger partial charge in [-0.05, 0) is 18.8 Å². The van der Waals surface area contributed by atoms with Crippen molar-refractivity contribution in [1.82, 2.24) is 0 Å². The summed E-state index contributed by atoms with van der Waals surface area (Å²) in [6.07, 6.45) is 1.69. The molecule has 100 valence electrons. The molecule has 0 radical (unpaired) electrons. The monoisotopic (exact) mass is 357 g/mol. The number of nitrogens with two attached hydrogens (primary N) is 2. The summed E-state index contributed by atoms with van der Waals surface area (Å²) in [5.74, 6) is -0.279. The van der Waals surface area contributed by atoms with Gasteiger partial charge in [0.15, 0.2) is 5.96 Å². The molecule has 0 bridgehead atoms. The van der Waals surface area contributed by atoms with Gasteiger partial charge in [-0.2, -0.15) is 0 Å². The van der Waals surface area contributed by atoms with Gasteiger partial charge in [0.25, 0.3) is 0 Å². The summed E-state index contributed by atoms with van der Waals surface area (Å²) in [5, 5.41) is 0. The Kier molecular flexibility index (Phi) is 8.23. The van der Waals surface area contributed by atoms with Crippen molar-refractivity contribution in [1.29, 1.82) is 0 Å². The molecule has 7 heteroatoms. The van der Waals surface area contributed by atoms with Crippen molar-refractivity contribution in [3.05, 3.63) is 0 Å². The molecular weight excluding hydrogens is 337 g/mol. The van der Waals surface area contributed by atoms with Crippen molar-refractivity contribution in [2.24, 2.45) is 28.3 Å². The standard InChI is InChI=1S/C10H19N3O3.HI/c1-15-9(14)8(6-13-10(11)12)7-2-4-16-5-3-7;/h7-8H,2-6H2,1H3,(H4,11,12,13);1H. The van der Waals surface area contributed by atoms with Crippen molar-refractivity contribution < 1.29 is 14.3 Å². The number of guanidine groups is 1. The summed E-state index contributed by atoms with van der Waals surface area (Å²) in [5.41, 5.74) is 10.5. The molecule has 0 spiro atoms. The molecule has 0 aliphatic carbocycles. The Labute approximate surface area is 118 Å². The number of carbonyl (C=O) groups excluding carboxylic acids is 1. The quantitative estimate of drug-likeness (QED) is 0.322. The maximum absolute atomic E-state index is 11.6. The Bertz CT molecular complexity index is 264. The number of nitrogens with zero attached hydrogens (tertiary/aromatic N) is 1. The zero-order chi connectivity index (χ0) is 12.0. The van der Waals surface area contributed by atoms with E-state index < -0.39 is 0 Å². The molecule has 4 N–H and O–H groups in total.